The van der Waals surface area contributed by atoms with Crippen LogP contribution >= 0.6 is 27.3 Å². The normalized spacial score (nSPS) is 10.2. The van der Waals surface area contributed by atoms with Gasteiger partial charge >= 0.3 is 11.7 Å². The summed E-state index contributed by atoms with van der Waals surface area (Å²) in [5, 5.41) is 21.1. The average Bonchev–Trinajstić information content (AvgIpc) is 2.80. The van der Waals surface area contributed by atoms with Gasteiger partial charge in [-0.1, -0.05) is 0 Å². The molecule has 2 rings (SSSR count). The molecule has 0 bridgehead atoms. The van der Waals surface area contributed by atoms with Gasteiger partial charge < -0.3 is 9.84 Å². The van der Waals surface area contributed by atoms with E-state index in [2.05, 4.69) is 20.9 Å². The van der Waals surface area contributed by atoms with Crippen molar-refractivity contribution in [3.05, 3.63) is 43.2 Å². The first-order valence-electron chi connectivity index (χ1n) is 4.77. The molecule has 0 atom stereocenters. The van der Waals surface area contributed by atoms with Crippen molar-refractivity contribution in [2.75, 3.05) is 0 Å². The van der Waals surface area contributed by atoms with E-state index in [0.29, 0.717) is 4.47 Å². The van der Waals surface area contributed by atoms with Gasteiger partial charge in [-0.15, -0.1) is 11.3 Å². The Morgan fingerprint density at radius 2 is 2.26 bits per heavy atom. The minimum atomic E-state index is -1.09. The molecule has 0 aliphatic rings. The third-order valence-electron chi connectivity index (χ3n) is 2.00. The molecule has 0 aliphatic carbocycles. The number of aromatic nitrogens is 1. The Morgan fingerprint density at radius 3 is 2.84 bits per heavy atom. The third kappa shape index (κ3) is 3.06. The standard InChI is InChI=1S/C10H5BrN2O5S/c11-5-1-7(13(16)17)9(12-3-5)18-6-2-8(10(14)15)19-4-6/h1-4H,(H,14,15). The van der Waals surface area contributed by atoms with Gasteiger partial charge in [0.2, 0.25) is 0 Å². The molecule has 0 radical (unpaired) electrons. The van der Waals surface area contributed by atoms with E-state index in [9.17, 15) is 14.9 Å². The molecule has 0 saturated heterocycles. The quantitative estimate of drug-likeness (QED) is 0.674. The highest BCUT2D eigenvalue weighted by molar-refractivity contribution is 9.10. The topological polar surface area (TPSA) is 103 Å². The number of nitrogens with zero attached hydrogens (tertiary/aromatic N) is 2. The molecular weight excluding hydrogens is 340 g/mol. The first-order chi connectivity index (χ1) is 8.97. The van der Waals surface area contributed by atoms with Crippen LogP contribution in [0.1, 0.15) is 9.67 Å². The highest BCUT2D eigenvalue weighted by Crippen LogP contribution is 2.33. The summed E-state index contributed by atoms with van der Waals surface area (Å²) in [4.78, 5) is 24.8. The van der Waals surface area contributed by atoms with Gasteiger partial charge in [0.1, 0.15) is 10.6 Å². The molecule has 2 aromatic rings. The Labute approximate surface area is 118 Å². The van der Waals surface area contributed by atoms with Crippen molar-refractivity contribution in [1.82, 2.24) is 4.98 Å². The molecule has 0 amide bonds. The van der Waals surface area contributed by atoms with E-state index in [1.807, 2.05) is 0 Å². The molecule has 2 aromatic heterocycles. The molecule has 0 aromatic carbocycles. The molecular formula is C10H5BrN2O5S. The Hall–Kier alpha value is -2.00. The number of nitro groups is 1. The Balaban J connectivity index is 2.32. The van der Waals surface area contributed by atoms with Gasteiger partial charge in [-0.05, 0) is 15.9 Å². The van der Waals surface area contributed by atoms with Crippen molar-refractivity contribution in [2.24, 2.45) is 0 Å². The molecule has 7 nitrogen and oxygen atoms in total. The molecule has 1 N–H and O–H groups in total. The lowest BCUT2D eigenvalue weighted by Gasteiger charge is -2.02. The van der Waals surface area contributed by atoms with Gasteiger partial charge in [0.15, 0.2) is 0 Å². The number of halogens is 1. The van der Waals surface area contributed by atoms with Crippen LogP contribution in [0.4, 0.5) is 5.69 Å². The number of ether oxygens (including phenoxy) is 1. The predicted molar refractivity (Wildman–Crippen MR) is 69.9 cm³/mol. The van der Waals surface area contributed by atoms with Gasteiger partial charge in [-0.3, -0.25) is 10.1 Å². The van der Waals surface area contributed by atoms with Crippen molar-refractivity contribution >= 4 is 38.9 Å². The van der Waals surface area contributed by atoms with Gasteiger partial charge in [-0.2, -0.15) is 0 Å². The van der Waals surface area contributed by atoms with Crippen LogP contribution in [0.3, 0.4) is 0 Å². The number of carboxylic acids is 1. The van der Waals surface area contributed by atoms with E-state index in [-0.39, 0.29) is 22.2 Å². The Bertz CT molecular complexity index is 657. The van der Waals surface area contributed by atoms with Crippen molar-refractivity contribution in [1.29, 1.82) is 0 Å². The van der Waals surface area contributed by atoms with E-state index in [1.54, 1.807) is 0 Å². The molecule has 98 valence electrons. The van der Waals surface area contributed by atoms with Crippen LogP contribution in [-0.4, -0.2) is 21.0 Å². The highest BCUT2D eigenvalue weighted by atomic mass is 79.9. The lowest BCUT2D eigenvalue weighted by molar-refractivity contribution is -0.386. The zero-order chi connectivity index (χ0) is 14.0. The monoisotopic (exact) mass is 344 g/mol. The second-order valence-electron chi connectivity index (χ2n) is 3.29. The number of hydrogen-bond acceptors (Lipinski definition) is 6. The van der Waals surface area contributed by atoms with E-state index < -0.39 is 10.9 Å². The first kappa shape index (κ1) is 13.4. The maximum absolute atomic E-state index is 10.9. The highest BCUT2D eigenvalue weighted by Gasteiger charge is 2.19. The predicted octanol–water partition coefficient (Wildman–Crippen LogP) is 3.30. The molecule has 0 aliphatic heterocycles. The molecule has 9 heteroatoms. The fourth-order valence-corrected chi connectivity index (χ4v) is 2.19. The molecule has 0 unspecified atom stereocenters. The number of aromatic carboxylic acids is 1. The largest absolute Gasteiger partial charge is 0.477 e. The second kappa shape index (κ2) is 5.33. The van der Waals surface area contributed by atoms with E-state index in [1.165, 1.54) is 23.7 Å². The van der Waals surface area contributed by atoms with Crippen LogP contribution in [0.5, 0.6) is 11.6 Å². The number of carboxylic acid groups (broad SMARTS) is 1. The van der Waals surface area contributed by atoms with Crippen LogP contribution < -0.4 is 4.74 Å². The Morgan fingerprint density at radius 1 is 1.53 bits per heavy atom. The van der Waals surface area contributed by atoms with E-state index in [0.717, 1.165) is 11.3 Å². The summed E-state index contributed by atoms with van der Waals surface area (Å²) >= 11 is 4.04. The van der Waals surface area contributed by atoms with Gasteiger partial charge in [-0.25, -0.2) is 9.78 Å². The molecule has 2 heterocycles. The molecule has 19 heavy (non-hydrogen) atoms. The van der Waals surface area contributed by atoms with Crippen molar-refractivity contribution in [3.63, 3.8) is 0 Å². The SMILES string of the molecule is O=C(O)c1cc(Oc2ncc(Br)cc2[N+](=O)[O-])cs1. The van der Waals surface area contributed by atoms with Gasteiger partial charge in [0.05, 0.1) is 4.92 Å². The third-order valence-corrected chi connectivity index (χ3v) is 3.33. The summed E-state index contributed by atoms with van der Waals surface area (Å²) in [5.41, 5.74) is -0.308. The van der Waals surface area contributed by atoms with Crippen LogP contribution in [-0.2, 0) is 0 Å². The van der Waals surface area contributed by atoms with Gasteiger partial charge in [0.25, 0.3) is 5.88 Å². The summed E-state index contributed by atoms with van der Waals surface area (Å²) in [7, 11) is 0. The van der Waals surface area contributed by atoms with Crippen LogP contribution in [0.15, 0.2) is 28.2 Å². The number of pyridine rings is 1. The average molecular weight is 345 g/mol. The van der Waals surface area contributed by atoms with Crippen LogP contribution in [0.2, 0.25) is 0 Å². The Kier molecular flexibility index (Phi) is 3.76. The second-order valence-corrected chi connectivity index (χ2v) is 5.12. The smallest absolute Gasteiger partial charge is 0.346 e. The number of rotatable bonds is 4. The van der Waals surface area contributed by atoms with Crippen molar-refractivity contribution in [3.8, 4) is 11.6 Å². The molecule has 0 saturated carbocycles. The molecule has 0 spiro atoms. The lowest BCUT2D eigenvalue weighted by atomic mass is 10.4. The summed E-state index contributed by atoms with van der Waals surface area (Å²) in [6.45, 7) is 0. The fraction of sp³-hybridized carbons (Fsp3) is 0. The van der Waals surface area contributed by atoms with Gasteiger partial charge in [0, 0.05) is 28.2 Å². The number of carbonyl (C=O) groups is 1. The minimum absolute atomic E-state index is 0.0785. The van der Waals surface area contributed by atoms with E-state index in [4.69, 9.17) is 9.84 Å². The maximum atomic E-state index is 10.9. The zero-order valence-electron chi connectivity index (χ0n) is 9.07. The number of hydrogen-bond donors (Lipinski definition) is 1. The maximum Gasteiger partial charge on any atom is 0.346 e. The summed E-state index contributed by atoms with van der Waals surface area (Å²) in [6, 6.07) is 2.53. The fourth-order valence-electron chi connectivity index (χ4n) is 1.22. The van der Waals surface area contributed by atoms with Crippen LogP contribution in [0, 0.1) is 10.1 Å². The zero-order valence-corrected chi connectivity index (χ0v) is 11.5. The van der Waals surface area contributed by atoms with Crippen LogP contribution in [0.25, 0.3) is 0 Å². The van der Waals surface area contributed by atoms with Crippen molar-refractivity contribution in [2.45, 2.75) is 0 Å². The first-order valence-corrected chi connectivity index (χ1v) is 6.44. The molecule has 0 fully saturated rings. The van der Waals surface area contributed by atoms with E-state index >= 15 is 0 Å². The minimum Gasteiger partial charge on any atom is -0.477 e. The summed E-state index contributed by atoms with van der Waals surface area (Å²) in [5.74, 6) is -1.08. The lowest BCUT2D eigenvalue weighted by Crippen LogP contribution is -1.95. The summed E-state index contributed by atoms with van der Waals surface area (Å²) < 4.78 is 5.68. The summed E-state index contributed by atoms with van der Waals surface area (Å²) in [6.07, 6.45) is 1.35. The van der Waals surface area contributed by atoms with Crippen molar-refractivity contribution < 1.29 is 19.6 Å². The number of thiophene rings is 1.